The zero-order chi connectivity index (χ0) is 12.8. The number of ether oxygens (including phenoxy) is 1. The van der Waals surface area contributed by atoms with Crippen LogP contribution in [0.3, 0.4) is 0 Å². The van der Waals surface area contributed by atoms with Crippen molar-refractivity contribution in [3.05, 3.63) is 0 Å². The van der Waals surface area contributed by atoms with E-state index >= 15 is 0 Å². The second-order valence-electron chi connectivity index (χ2n) is 5.37. The minimum absolute atomic E-state index is 0.00465. The highest BCUT2D eigenvalue weighted by Gasteiger charge is 2.40. The zero-order valence-corrected chi connectivity index (χ0v) is 12.3. The SMILES string of the molecule is CCOC(=O)CC1(N2CCCCC2)CCSCC1. The van der Waals surface area contributed by atoms with Gasteiger partial charge in [0.1, 0.15) is 0 Å². The number of nitrogens with zero attached hydrogens (tertiary/aromatic N) is 1. The van der Waals surface area contributed by atoms with Crippen LogP contribution in [0.25, 0.3) is 0 Å². The summed E-state index contributed by atoms with van der Waals surface area (Å²) in [5.74, 6) is 2.38. The van der Waals surface area contributed by atoms with Crippen molar-refractivity contribution in [2.45, 2.75) is 51.0 Å². The predicted octanol–water partition coefficient (Wildman–Crippen LogP) is 2.69. The Morgan fingerprint density at radius 1 is 1.22 bits per heavy atom. The zero-order valence-electron chi connectivity index (χ0n) is 11.5. The topological polar surface area (TPSA) is 29.5 Å². The summed E-state index contributed by atoms with van der Waals surface area (Å²) in [4.78, 5) is 14.5. The van der Waals surface area contributed by atoms with Gasteiger partial charge < -0.3 is 4.74 Å². The molecule has 0 atom stereocenters. The second kappa shape index (κ2) is 6.80. The number of piperidine rings is 1. The van der Waals surface area contributed by atoms with Crippen molar-refractivity contribution in [3.63, 3.8) is 0 Å². The molecule has 2 heterocycles. The molecule has 3 nitrogen and oxygen atoms in total. The van der Waals surface area contributed by atoms with E-state index < -0.39 is 0 Å². The first-order chi connectivity index (χ1) is 8.77. The Hall–Kier alpha value is -0.220. The van der Waals surface area contributed by atoms with Crippen LogP contribution >= 0.6 is 11.8 Å². The first-order valence-corrected chi connectivity index (χ1v) is 8.41. The summed E-state index contributed by atoms with van der Waals surface area (Å²) in [6.45, 7) is 4.74. The molecule has 0 unspecified atom stereocenters. The summed E-state index contributed by atoms with van der Waals surface area (Å²) >= 11 is 2.02. The van der Waals surface area contributed by atoms with Crippen LogP contribution in [0.15, 0.2) is 0 Å². The van der Waals surface area contributed by atoms with E-state index in [1.165, 1.54) is 43.9 Å². The molecule has 18 heavy (non-hydrogen) atoms. The smallest absolute Gasteiger partial charge is 0.307 e. The number of carbonyl (C=O) groups excluding carboxylic acids is 1. The molecule has 0 aromatic heterocycles. The van der Waals surface area contributed by atoms with Gasteiger partial charge in [0.05, 0.1) is 13.0 Å². The van der Waals surface area contributed by atoms with E-state index in [0.717, 1.165) is 12.8 Å². The Labute approximate surface area is 115 Å². The molecule has 0 bridgehead atoms. The lowest BCUT2D eigenvalue weighted by molar-refractivity contribution is -0.147. The number of hydrogen-bond donors (Lipinski definition) is 0. The lowest BCUT2D eigenvalue weighted by atomic mass is 9.85. The molecule has 0 radical (unpaired) electrons. The van der Waals surface area contributed by atoms with Crippen LogP contribution in [0, 0.1) is 0 Å². The van der Waals surface area contributed by atoms with Crippen LogP contribution in [0.1, 0.15) is 45.4 Å². The van der Waals surface area contributed by atoms with Gasteiger partial charge >= 0.3 is 5.97 Å². The van der Waals surface area contributed by atoms with E-state index in [0.29, 0.717) is 13.0 Å². The van der Waals surface area contributed by atoms with Crippen LogP contribution in [-0.2, 0) is 9.53 Å². The largest absolute Gasteiger partial charge is 0.466 e. The Kier molecular flexibility index (Phi) is 5.37. The summed E-state index contributed by atoms with van der Waals surface area (Å²) in [6, 6.07) is 0. The first kappa shape index (κ1) is 14.2. The maximum absolute atomic E-state index is 11.9. The van der Waals surface area contributed by atoms with E-state index in [9.17, 15) is 4.79 Å². The molecule has 2 aliphatic heterocycles. The third-order valence-electron chi connectivity index (χ3n) is 4.23. The van der Waals surface area contributed by atoms with Crippen molar-refractivity contribution in [1.29, 1.82) is 0 Å². The lowest BCUT2D eigenvalue weighted by Crippen LogP contribution is -2.54. The lowest BCUT2D eigenvalue weighted by Gasteiger charge is -2.47. The van der Waals surface area contributed by atoms with E-state index in [-0.39, 0.29) is 11.5 Å². The molecule has 104 valence electrons. The molecule has 2 rings (SSSR count). The fourth-order valence-corrected chi connectivity index (χ4v) is 4.46. The van der Waals surface area contributed by atoms with Crippen molar-refractivity contribution >= 4 is 17.7 Å². The average molecular weight is 271 g/mol. The minimum Gasteiger partial charge on any atom is -0.466 e. The third-order valence-corrected chi connectivity index (χ3v) is 5.21. The van der Waals surface area contributed by atoms with E-state index in [1.807, 2.05) is 18.7 Å². The van der Waals surface area contributed by atoms with Crippen molar-refractivity contribution in [2.24, 2.45) is 0 Å². The molecule has 0 aromatic carbocycles. The highest BCUT2D eigenvalue weighted by molar-refractivity contribution is 7.99. The number of hydrogen-bond acceptors (Lipinski definition) is 4. The first-order valence-electron chi connectivity index (χ1n) is 7.25. The predicted molar refractivity (Wildman–Crippen MR) is 76.0 cm³/mol. The van der Waals surface area contributed by atoms with Gasteiger partial charge in [0, 0.05) is 5.54 Å². The van der Waals surface area contributed by atoms with Gasteiger partial charge in [0.2, 0.25) is 0 Å². The Bertz CT molecular complexity index is 271. The van der Waals surface area contributed by atoms with Crippen molar-refractivity contribution < 1.29 is 9.53 Å². The van der Waals surface area contributed by atoms with Crippen molar-refractivity contribution in [1.82, 2.24) is 4.90 Å². The fraction of sp³-hybridized carbons (Fsp3) is 0.929. The molecule has 0 spiro atoms. The molecule has 0 saturated carbocycles. The second-order valence-corrected chi connectivity index (χ2v) is 6.59. The van der Waals surface area contributed by atoms with Crippen molar-refractivity contribution in [3.8, 4) is 0 Å². The molecule has 0 aliphatic carbocycles. The van der Waals surface area contributed by atoms with Gasteiger partial charge in [-0.3, -0.25) is 9.69 Å². The molecule has 0 N–H and O–H groups in total. The normalized spacial score (nSPS) is 24.7. The molecule has 2 fully saturated rings. The summed E-state index contributed by atoms with van der Waals surface area (Å²) in [6.07, 6.45) is 6.82. The Morgan fingerprint density at radius 3 is 2.50 bits per heavy atom. The highest BCUT2D eigenvalue weighted by Crippen LogP contribution is 2.37. The average Bonchev–Trinajstić information content (AvgIpc) is 2.41. The molecular formula is C14H25NO2S. The van der Waals surface area contributed by atoms with Crippen LogP contribution < -0.4 is 0 Å². The number of likely N-dealkylation sites (tertiary alicyclic amines) is 1. The van der Waals surface area contributed by atoms with Gasteiger partial charge in [-0.25, -0.2) is 0 Å². The molecule has 0 aromatic rings. The number of rotatable bonds is 4. The van der Waals surface area contributed by atoms with E-state index in [4.69, 9.17) is 4.74 Å². The third kappa shape index (κ3) is 3.41. The van der Waals surface area contributed by atoms with Gasteiger partial charge in [-0.2, -0.15) is 11.8 Å². The van der Waals surface area contributed by atoms with Gasteiger partial charge in [-0.15, -0.1) is 0 Å². The standard InChI is InChI=1S/C14H25NO2S/c1-2-17-13(16)12-14(6-10-18-11-7-14)15-8-4-3-5-9-15/h2-12H2,1H3. The van der Waals surface area contributed by atoms with E-state index in [2.05, 4.69) is 4.90 Å². The Balaban J connectivity index is 2.03. The number of carbonyl (C=O) groups is 1. The van der Waals surface area contributed by atoms with Crippen LogP contribution in [0.4, 0.5) is 0 Å². The number of esters is 1. The van der Waals surface area contributed by atoms with Crippen LogP contribution in [-0.4, -0.2) is 47.6 Å². The van der Waals surface area contributed by atoms with E-state index in [1.54, 1.807) is 0 Å². The quantitative estimate of drug-likeness (QED) is 0.735. The summed E-state index contributed by atoms with van der Waals surface area (Å²) in [7, 11) is 0. The highest BCUT2D eigenvalue weighted by atomic mass is 32.2. The van der Waals surface area contributed by atoms with Crippen molar-refractivity contribution in [2.75, 3.05) is 31.2 Å². The van der Waals surface area contributed by atoms with Gasteiger partial charge in [-0.1, -0.05) is 6.42 Å². The summed E-state index contributed by atoms with van der Waals surface area (Å²) in [5, 5.41) is 0. The monoisotopic (exact) mass is 271 g/mol. The Morgan fingerprint density at radius 2 is 1.89 bits per heavy atom. The molecular weight excluding hydrogens is 246 g/mol. The van der Waals surface area contributed by atoms with Crippen LogP contribution in [0.2, 0.25) is 0 Å². The van der Waals surface area contributed by atoms with Gasteiger partial charge in [0.25, 0.3) is 0 Å². The number of thioether (sulfide) groups is 1. The van der Waals surface area contributed by atoms with Crippen LogP contribution in [0.5, 0.6) is 0 Å². The maximum atomic E-state index is 11.9. The summed E-state index contributed by atoms with van der Waals surface area (Å²) < 4.78 is 5.19. The molecule has 2 aliphatic rings. The minimum atomic E-state index is -0.00465. The van der Waals surface area contributed by atoms with Gasteiger partial charge in [0.15, 0.2) is 0 Å². The molecule has 0 amide bonds. The fourth-order valence-electron chi connectivity index (χ4n) is 3.21. The summed E-state index contributed by atoms with van der Waals surface area (Å²) in [5.41, 5.74) is 0.109. The maximum Gasteiger partial charge on any atom is 0.307 e. The molecule has 4 heteroatoms. The molecule has 2 saturated heterocycles. The van der Waals surface area contributed by atoms with Gasteiger partial charge in [-0.05, 0) is 57.2 Å².